The van der Waals surface area contributed by atoms with Crippen molar-refractivity contribution < 1.29 is 4.79 Å². The molecule has 1 aliphatic heterocycles. The zero-order chi connectivity index (χ0) is 23.8. The van der Waals surface area contributed by atoms with Gasteiger partial charge in [-0.05, 0) is 68.4 Å². The van der Waals surface area contributed by atoms with E-state index in [0.29, 0.717) is 12.5 Å². The number of hydrogen-bond acceptors (Lipinski definition) is 2. The number of imidazole rings is 1. The van der Waals surface area contributed by atoms with Gasteiger partial charge in [0, 0.05) is 42.7 Å². The van der Waals surface area contributed by atoms with Gasteiger partial charge in [0.1, 0.15) is 5.82 Å². The van der Waals surface area contributed by atoms with E-state index in [0.717, 1.165) is 53.4 Å². The standard InChI is InChI=1S/C29H32N4O/c1-18-5-7-25(13-19(18)2)23-8-10-24(11-9-23)27-17-33-16-22(6-12-28(33)32-27)15-30-29(34)26-14-20(3)31-21(26)4/h5,7-11,13-14,17,22,31H,6,12,15-16H2,1-4H3,(H,30,34). The predicted molar refractivity (Wildman–Crippen MR) is 137 cm³/mol. The zero-order valence-corrected chi connectivity index (χ0v) is 20.4. The van der Waals surface area contributed by atoms with Crippen LogP contribution < -0.4 is 5.32 Å². The second-order valence-electron chi connectivity index (χ2n) is 9.68. The van der Waals surface area contributed by atoms with Gasteiger partial charge in [-0.3, -0.25) is 4.79 Å². The SMILES string of the molecule is Cc1cc(C(=O)NCC2CCc3nc(-c4ccc(-c5ccc(C)c(C)c5)cc4)cn3C2)c(C)[nH]1. The Labute approximate surface area is 201 Å². The van der Waals surface area contributed by atoms with Crippen LogP contribution in [-0.4, -0.2) is 27.0 Å². The molecule has 0 spiro atoms. The predicted octanol–water partition coefficient (Wildman–Crippen LogP) is 5.77. The number of H-pyrrole nitrogens is 1. The number of carbonyl (C=O) groups is 1. The number of nitrogens with one attached hydrogen (secondary N) is 2. The Balaban J connectivity index is 1.25. The monoisotopic (exact) mass is 452 g/mol. The summed E-state index contributed by atoms with van der Waals surface area (Å²) in [4.78, 5) is 20.7. The molecule has 0 fully saturated rings. The Bertz CT molecular complexity index is 1340. The molecule has 5 nitrogen and oxygen atoms in total. The third kappa shape index (κ3) is 4.43. The van der Waals surface area contributed by atoms with Gasteiger partial charge in [-0.2, -0.15) is 0 Å². The largest absolute Gasteiger partial charge is 0.362 e. The van der Waals surface area contributed by atoms with Gasteiger partial charge < -0.3 is 14.9 Å². The molecular weight excluding hydrogens is 420 g/mol. The van der Waals surface area contributed by atoms with Crippen LogP contribution >= 0.6 is 0 Å². The summed E-state index contributed by atoms with van der Waals surface area (Å²) in [6.07, 6.45) is 4.13. The molecule has 2 aromatic heterocycles. The summed E-state index contributed by atoms with van der Waals surface area (Å²) in [6.45, 7) is 9.78. The van der Waals surface area contributed by atoms with Crippen LogP contribution in [0.1, 0.15) is 45.1 Å². The first-order chi connectivity index (χ1) is 16.4. The van der Waals surface area contributed by atoms with Crippen LogP contribution in [0.4, 0.5) is 0 Å². The lowest BCUT2D eigenvalue weighted by atomic mass is 9.99. The summed E-state index contributed by atoms with van der Waals surface area (Å²) in [5, 5.41) is 3.13. The average Bonchev–Trinajstić information content (AvgIpc) is 3.41. The highest BCUT2D eigenvalue weighted by Gasteiger charge is 2.22. The second kappa shape index (κ2) is 8.98. The first-order valence-electron chi connectivity index (χ1n) is 12.1. The van der Waals surface area contributed by atoms with E-state index in [9.17, 15) is 4.79 Å². The van der Waals surface area contributed by atoms with Gasteiger partial charge in [0.25, 0.3) is 5.91 Å². The number of carbonyl (C=O) groups excluding carboxylic acids is 1. The van der Waals surface area contributed by atoms with Gasteiger partial charge in [0.05, 0.1) is 11.3 Å². The maximum atomic E-state index is 12.6. The lowest BCUT2D eigenvalue weighted by molar-refractivity contribution is 0.0943. The van der Waals surface area contributed by atoms with Crippen LogP contribution in [0.2, 0.25) is 0 Å². The Morgan fingerprint density at radius 3 is 2.44 bits per heavy atom. The molecule has 4 aromatic rings. The van der Waals surface area contributed by atoms with Crippen LogP contribution in [0, 0.1) is 33.6 Å². The molecule has 1 unspecified atom stereocenters. The quantitative estimate of drug-likeness (QED) is 0.404. The number of benzene rings is 2. The first-order valence-corrected chi connectivity index (χ1v) is 12.1. The zero-order valence-electron chi connectivity index (χ0n) is 20.4. The van der Waals surface area contributed by atoms with Gasteiger partial charge >= 0.3 is 0 Å². The number of nitrogens with zero attached hydrogens (tertiary/aromatic N) is 2. The maximum absolute atomic E-state index is 12.6. The fourth-order valence-corrected chi connectivity index (χ4v) is 4.87. The second-order valence-corrected chi connectivity index (χ2v) is 9.68. The molecule has 1 aliphatic rings. The number of aryl methyl sites for hydroxylation is 5. The highest BCUT2D eigenvalue weighted by molar-refractivity contribution is 5.95. The molecule has 2 N–H and O–H groups in total. The number of hydrogen-bond donors (Lipinski definition) is 2. The van der Waals surface area contributed by atoms with Gasteiger partial charge in [-0.15, -0.1) is 0 Å². The van der Waals surface area contributed by atoms with E-state index in [-0.39, 0.29) is 5.91 Å². The molecule has 1 amide bonds. The normalized spacial score (nSPS) is 15.2. The fraction of sp³-hybridized carbons (Fsp3) is 0.310. The van der Waals surface area contributed by atoms with Crippen molar-refractivity contribution in [3.8, 4) is 22.4 Å². The average molecular weight is 453 g/mol. The summed E-state index contributed by atoms with van der Waals surface area (Å²) in [5.74, 6) is 1.54. The molecule has 0 saturated carbocycles. The number of amides is 1. The van der Waals surface area contributed by atoms with Crippen LogP contribution in [0.15, 0.2) is 54.7 Å². The van der Waals surface area contributed by atoms with Crippen LogP contribution in [0.25, 0.3) is 22.4 Å². The number of fused-ring (bicyclic) bond motifs is 1. The summed E-state index contributed by atoms with van der Waals surface area (Å²) in [6, 6.07) is 17.2. The molecule has 2 aromatic carbocycles. The van der Waals surface area contributed by atoms with Gasteiger partial charge in [-0.25, -0.2) is 4.98 Å². The van der Waals surface area contributed by atoms with Gasteiger partial charge in [0.2, 0.25) is 0 Å². The molecule has 5 rings (SSSR count). The number of aromatic amines is 1. The highest BCUT2D eigenvalue weighted by atomic mass is 16.1. The molecule has 0 aliphatic carbocycles. The van der Waals surface area contributed by atoms with E-state index in [1.54, 1.807) is 0 Å². The van der Waals surface area contributed by atoms with Crippen molar-refractivity contribution in [3.05, 3.63) is 88.6 Å². The molecule has 0 saturated heterocycles. The van der Waals surface area contributed by atoms with E-state index >= 15 is 0 Å². The molecule has 174 valence electrons. The lowest BCUT2D eigenvalue weighted by Gasteiger charge is -2.23. The van der Waals surface area contributed by atoms with Gasteiger partial charge in [-0.1, -0.05) is 42.5 Å². The molecule has 0 radical (unpaired) electrons. The van der Waals surface area contributed by atoms with Crippen molar-refractivity contribution >= 4 is 5.91 Å². The van der Waals surface area contributed by atoms with Crippen LogP contribution in [0.3, 0.4) is 0 Å². The summed E-state index contributed by atoms with van der Waals surface area (Å²) in [5.41, 5.74) is 9.92. The van der Waals surface area contributed by atoms with E-state index in [4.69, 9.17) is 4.98 Å². The third-order valence-electron chi connectivity index (χ3n) is 7.06. The Morgan fingerprint density at radius 2 is 1.74 bits per heavy atom. The maximum Gasteiger partial charge on any atom is 0.253 e. The van der Waals surface area contributed by atoms with E-state index in [1.807, 2.05) is 19.9 Å². The van der Waals surface area contributed by atoms with Crippen LogP contribution in [-0.2, 0) is 13.0 Å². The van der Waals surface area contributed by atoms with Crippen LogP contribution in [0.5, 0.6) is 0 Å². The Hall–Kier alpha value is -3.60. The van der Waals surface area contributed by atoms with E-state index < -0.39 is 0 Å². The van der Waals surface area contributed by atoms with Crippen molar-refractivity contribution in [1.82, 2.24) is 19.9 Å². The minimum Gasteiger partial charge on any atom is -0.362 e. The van der Waals surface area contributed by atoms with E-state index in [1.165, 1.54) is 22.3 Å². The minimum absolute atomic E-state index is 0.00262. The summed E-state index contributed by atoms with van der Waals surface area (Å²) < 4.78 is 2.26. The molecule has 1 atom stereocenters. The van der Waals surface area contributed by atoms with Crippen molar-refractivity contribution in [2.24, 2.45) is 5.92 Å². The van der Waals surface area contributed by atoms with Crippen molar-refractivity contribution in [1.29, 1.82) is 0 Å². The minimum atomic E-state index is 0.00262. The smallest absolute Gasteiger partial charge is 0.253 e. The summed E-state index contributed by atoms with van der Waals surface area (Å²) >= 11 is 0. The molecule has 5 heteroatoms. The topological polar surface area (TPSA) is 62.7 Å². The Kier molecular flexibility index (Phi) is 5.86. The number of rotatable bonds is 5. The molecule has 3 heterocycles. The summed E-state index contributed by atoms with van der Waals surface area (Å²) in [7, 11) is 0. The molecular formula is C29H32N4O. The van der Waals surface area contributed by atoms with E-state index in [2.05, 4.69) is 77.4 Å². The highest BCUT2D eigenvalue weighted by Crippen LogP contribution is 2.28. The number of aromatic nitrogens is 3. The van der Waals surface area contributed by atoms with Gasteiger partial charge in [0.15, 0.2) is 0 Å². The first kappa shape index (κ1) is 22.2. The molecule has 34 heavy (non-hydrogen) atoms. The molecule has 0 bridgehead atoms. The van der Waals surface area contributed by atoms with Crippen molar-refractivity contribution in [2.45, 2.75) is 47.1 Å². The lowest BCUT2D eigenvalue weighted by Crippen LogP contribution is -2.33. The fourth-order valence-electron chi connectivity index (χ4n) is 4.87. The Morgan fingerprint density at radius 1 is 1.00 bits per heavy atom. The van der Waals surface area contributed by atoms with Crippen molar-refractivity contribution in [3.63, 3.8) is 0 Å². The van der Waals surface area contributed by atoms with Crippen molar-refractivity contribution in [2.75, 3.05) is 6.54 Å². The third-order valence-corrected chi connectivity index (χ3v) is 7.06.